The van der Waals surface area contributed by atoms with E-state index in [2.05, 4.69) is 67.6 Å². The summed E-state index contributed by atoms with van der Waals surface area (Å²) in [6.45, 7) is 2.91. The molecule has 2 aromatic rings. The van der Waals surface area contributed by atoms with Gasteiger partial charge in [-0.3, -0.25) is 0 Å². The first-order valence-corrected chi connectivity index (χ1v) is 13.1. The van der Waals surface area contributed by atoms with Gasteiger partial charge in [0.15, 0.2) is 0 Å². The highest BCUT2D eigenvalue weighted by Crippen LogP contribution is 2.34. The molecule has 0 atom stereocenters. The van der Waals surface area contributed by atoms with E-state index in [0.717, 1.165) is 24.7 Å². The first kappa shape index (κ1) is 24.8. The third-order valence-electron chi connectivity index (χ3n) is 7.25. The number of hydrogen-bond donors (Lipinski definition) is 0. The molecule has 3 rings (SSSR count). The van der Waals surface area contributed by atoms with Gasteiger partial charge in [0.1, 0.15) is 0 Å². The average molecular weight is 433 g/mol. The smallest absolute Gasteiger partial charge is 0.0713 e. The maximum absolute atomic E-state index is 5.20. The van der Waals surface area contributed by atoms with Crippen LogP contribution in [0.5, 0.6) is 0 Å². The van der Waals surface area contributed by atoms with E-state index < -0.39 is 0 Å². The van der Waals surface area contributed by atoms with E-state index in [4.69, 9.17) is 4.74 Å². The molecule has 0 saturated heterocycles. The molecule has 0 N–H and O–H groups in total. The minimum absolute atomic E-state index is 0.714. The SMILES string of the molecule is CC/C=C/Cc1ccc(CC[C@H]2CC[C@H](CCCCc3ccc(COC)cc3)CC2)cc1. The van der Waals surface area contributed by atoms with Gasteiger partial charge in [-0.15, -0.1) is 0 Å². The Morgan fingerprint density at radius 2 is 1.25 bits per heavy atom. The minimum Gasteiger partial charge on any atom is -0.380 e. The van der Waals surface area contributed by atoms with Gasteiger partial charge in [-0.2, -0.15) is 0 Å². The predicted octanol–water partition coefficient (Wildman–Crippen LogP) is 8.49. The number of aryl methyl sites for hydroxylation is 2. The topological polar surface area (TPSA) is 9.23 Å². The minimum atomic E-state index is 0.714. The lowest BCUT2D eigenvalue weighted by Crippen LogP contribution is -2.15. The van der Waals surface area contributed by atoms with Crippen LogP contribution in [0.4, 0.5) is 0 Å². The standard InChI is InChI=1S/C31H44O/c1-3-4-5-8-26-11-15-29(16-12-26)19-20-30-17-13-27(14-18-30)9-6-7-10-28-21-23-31(24-22-28)25-32-2/h4-5,11-12,15-16,21-24,27,30H,3,6-10,13-14,17-20,25H2,1-2H3/b5-4+/t27-,30-. The van der Waals surface area contributed by atoms with Crippen LogP contribution >= 0.6 is 0 Å². The fourth-order valence-electron chi connectivity index (χ4n) is 5.14. The summed E-state index contributed by atoms with van der Waals surface area (Å²) < 4.78 is 5.20. The van der Waals surface area contributed by atoms with Gasteiger partial charge >= 0.3 is 0 Å². The van der Waals surface area contributed by atoms with E-state index >= 15 is 0 Å². The maximum atomic E-state index is 5.20. The van der Waals surface area contributed by atoms with Gasteiger partial charge in [0.2, 0.25) is 0 Å². The normalized spacial score (nSPS) is 18.9. The van der Waals surface area contributed by atoms with Crippen LogP contribution in [0.3, 0.4) is 0 Å². The largest absolute Gasteiger partial charge is 0.380 e. The van der Waals surface area contributed by atoms with E-state index in [9.17, 15) is 0 Å². The number of hydrogen-bond acceptors (Lipinski definition) is 1. The van der Waals surface area contributed by atoms with Crippen LogP contribution in [0.25, 0.3) is 0 Å². The van der Waals surface area contributed by atoms with Gasteiger partial charge in [-0.25, -0.2) is 0 Å². The molecule has 0 aliphatic heterocycles. The lowest BCUT2D eigenvalue weighted by atomic mass is 9.77. The molecule has 0 aromatic heterocycles. The van der Waals surface area contributed by atoms with Gasteiger partial charge in [0, 0.05) is 7.11 Å². The fourth-order valence-corrected chi connectivity index (χ4v) is 5.14. The molecular weight excluding hydrogens is 388 g/mol. The molecular formula is C31H44O. The van der Waals surface area contributed by atoms with Crippen LogP contribution in [0.1, 0.15) is 87.0 Å². The lowest BCUT2D eigenvalue weighted by molar-refractivity contribution is 0.185. The Morgan fingerprint density at radius 3 is 1.88 bits per heavy atom. The molecule has 0 spiro atoms. The van der Waals surface area contributed by atoms with Gasteiger partial charge < -0.3 is 4.74 Å². The van der Waals surface area contributed by atoms with Crippen molar-refractivity contribution in [1.29, 1.82) is 0 Å². The van der Waals surface area contributed by atoms with Crippen molar-refractivity contribution in [2.75, 3.05) is 7.11 Å². The van der Waals surface area contributed by atoms with E-state index in [1.54, 1.807) is 7.11 Å². The molecule has 1 saturated carbocycles. The van der Waals surface area contributed by atoms with E-state index in [1.165, 1.54) is 86.5 Å². The number of benzene rings is 2. The fraction of sp³-hybridized carbons (Fsp3) is 0.548. The summed E-state index contributed by atoms with van der Waals surface area (Å²) in [6.07, 6.45) is 20.5. The third kappa shape index (κ3) is 8.94. The zero-order chi connectivity index (χ0) is 22.4. The Morgan fingerprint density at radius 1 is 0.688 bits per heavy atom. The molecule has 2 aromatic carbocycles. The van der Waals surface area contributed by atoms with Crippen molar-refractivity contribution in [3.8, 4) is 0 Å². The van der Waals surface area contributed by atoms with Crippen LogP contribution in [-0.4, -0.2) is 7.11 Å². The summed E-state index contributed by atoms with van der Waals surface area (Å²) in [5.74, 6) is 1.93. The number of ether oxygens (including phenoxy) is 1. The van der Waals surface area contributed by atoms with E-state index in [-0.39, 0.29) is 0 Å². The van der Waals surface area contributed by atoms with Crippen molar-refractivity contribution in [1.82, 2.24) is 0 Å². The second kappa shape index (κ2) is 14.3. The first-order chi connectivity index (χ1) is 15.8. The number of methoxy groups -OCH3 is 1. The molecule has 0 heterocycles. The van der Waals surface area contributed by atoms with Gasteiger partial charge in [0.05, 0.1) is 6.61 Å². The molecule has 1 aliphatic carbocycles. The summed E-state index contributed by atoms with van der Waals surface area (Å²) >= 11 is 0. The van der Waals surface area contributed by atoms with Crippen LogP contribution in [-0.2, 0) is 30.6 Å². The van der Waals surface area contributed by atoms with Crippen molar-refractivity contribution in [3.05, 3.63) is 82.9 Å². The Balaban J connectivity index is 1.26. The molecule has 1 nitrogen and oxygen atoms in total. The quantitative estimate of drug-likeness (QED) is 0.228. The van der Waals surface area contributed by atoms with Gasteiger partial charge in [-0.05, 0) is 72.6 Å². The molecule has 1 aliphatic rings. The number of allylic oxidation sites excluding steroid dienone is 2. The molecule has 0 amide bonds. The van der Waals surface area contributed by atoms with Crippen molar-refractivity contribution in [3.63, 3.8) is 0 Å². The zero-order valence-corrected chi connectivity index (χ0v) is 20.5. The van der Waals surface area contributed by atoms with Crippen molar-refractivity contribution >= 4 is 0 Å². The predicted molar refractivity (Wildman–Crippen MR) is 138 cm³/mol. The first-order valence-electron chi connectivity index (χ1n) is 13.1. The van der Waals surface area contributed by atoms with E-state index in [0.29, 0.717) is 6.61 Å². The van der Waals surface area contributed by atoms with Crippen LogP contribution in [0, 0.1) is 11.8 Å². The number of unbranched alkanes of at least 4 members (excludes halogenated alkanes) is 1. The molecule has 0 unspecified atom stereocenters. The van der Waals surface area contributed by atoms with Crippen molar-refractivity contribution in [2.24, 2.45) is 11.8 Å². The molecule has 32 heavy (non-hydrogen) atoms. The van der Waals surface area contributed by atoms with Crippen LogP contribution in [0.2, 0.25) is 0 Å². The zero-order valence-electron chi connectivity index (χ0n) is 20.5. The van der Waals surface area contributed by atoms with Gasteiger partial charge in [-0.1, -0.05) is 106 Å². The molecule has 174 valence electrons. The molecule has 1 heteroatoms. The highest BCUT2D eigenvalue weighted by Gasteiger charge is 2.20. The Bertz CT molecular complexity index is 763. The van der Waals surface area contributed by atoms with E-state index in [1.807, 2.05) is 0 Å². The maximum Gasteiger partial charge on any atom is 0.0713 e. The van der Waals surface area contributed by atoms with Crippen molar-refractivity contribution < 1.29 is 4.74 Å². The van der Waals surface area contributed by atoms with Crippen molar-refractivity contribution in [2.45, 2.75) is 90.6 Å². The Hall–Kier alpha value is -1.86. The monoisotopic (exact) mass is 432 g/mol. The molecule has 0 radical (unpaired) electrons. The Kier molecular flexibility index (Phi) is 11.1. The molecule has 1 fully saturated rings. The highest BCUT2D eigenvalue weighted by molar-refractivity contribution is 5.24. The second-order valence-electron chi connectivity index (χ2n) is 9.82. The summed E-state index contributed by atoms with van der Waals surface area (Å²) in [5.41, 5.74) is 5.69. The summed E-state index contributed by atoms with van der Waals surface area (Å²) in [6, 6.07) is 18.3. The van der Waals surface area contributed by atoms with Crippen LogP contribution < -0.4 is 0 Å². The number of rotatable bonds is 13. The summed E-state index contributed by atoms with van der Waals surface area (Å²) in [4.78, 5) is 0. The summed E-state index contributed by atoms with van der Waals surface area (Å²) in [7, 11) is 1.76. The lowest BCUT2D eigenvalue weighted by Gasteiger charge is -2.28. The van der Waals surface area contributed by atoms with Gasteiger partial charge in [0.25, 0.3) is 0 Å². The second-order valence-corrected chi connectivity index (χ2v) is 9.82. The molecule has 0 bridgehead atoms. The summed E-state index contributed by atoms with van der Waals surface area (Å²) in [5, 5.41) is 0. The highest BCUT2D eigenvalue weighted by atomic mass is 16.5. The average Bonchev–Trinajstić information content (AvgIpc) is 2.83. The Labute approximate surface area is 197 Å². The third-order valence-corrected chi connectivity index (χ3v) is 7.25. The van der Waals surface area contributed by atoms with Crippen LogP contribution in [0.15, 0.2) is 60.7 Å².